The molecule has 0 unspecified atom stereocenters. The van der Waals surface area contributed by atoms with E-state index in [0.29, 0.717) is 6.61 Å². The first-order valence-corrected chi connectivity index (χ1v) is 11.7. The van der Waals surface area contributed by atoms with Gasteiger partial charge in [-0.15, -0.1) is 0 Å². The van der Waals surface area contributed by atoms with E-state index in [-0.39, 0.29) is 12.6 Å². The molecule has 0 aliphatic heterocycles. The Hall–Kier alpha value is -1.32. The highest BCUT2D eigenvalue weighted by molar-refractivity contribution is 5.89. The van der Waals surface area contributed by atoms with Crippen LogP contribution in [0.1, 0.15) is 113 Å². The summed E-state index contributed by atoms with van der Waals surface area (Å²) < 4.78 is 19.4. The largest absolute Gasteiger partial charge is 0.461 e. The lowest BCUT2D eigenvalue weighted by Gasteiger charge is -2.10. The lowest BCUT2D eigenvalue weighted by atomic mass is 10.0. The van der Waals surface area contributed by atoms with Crippen LogP contribution in [0.3, 0.4) is 0 Å². The average molecular weight is 396 g/mol. The predicted octanol–water partition coefficient (Wildman–Crippen LogP) is 7.27. The molecule has 1 rings (SSSR count). The highest BCUT2D eigenvalue weighted by atomic mass is 19.1. The van der Waals surface area contributed by atoms with Crippen LogP contribution in [0.4, 0.5) is 4.39 Å². The van der Waals surface area contributed by atoms with Gasteiger partial charge in [0.1, 0.15) is 5.69 Å². The van der Waals surface area contributed by atoms with E-state index >= 15 is 0 Å². The Morgan fingerprint density at radius 1 is 0.893 bits per heavy atom. The summed E-state index contributed by atoms with van der Waals surface area (Å²) >= 11 is 0. The fourth-order valence-corrected chi connectivity index (χ4v) is 3.68. The van der Waals surface area contributed by atoms with Gasteiger partial charge in [0.05, 0.1) is 13.3 Å². The molecular formula is C24H42FNO2. The van der Waals surface area contributed by atoms with Gasteiger partial charge in [0, 0.05) is 12.7 Å². The molecule has 1 aromatic heterocycles. The van der Waals surface area contributed by atoms with Gasteiger partial charge >= 0.3 is 5.97 Å². The molecule has 0 saturated heterocycles. The minimum Gasteiger partial charge on any atom is -0.461 e. The van der Waals surface area contributed by atoms with Crippen molar-refractivity contribution < 1.29 is 13.9 Å². The van der Waals surface area contributed by atoms with E-state index in [1.165, 1.54) is 51.4 Å². The number of esters is 1. The van der Waals surface area contributed by atoms with Crippen LogP contribution in [-0.4, -0.2) is 23.8 Å². The number of unbranched alkanes of at least 4 members (excludes halogenated alkanes) is 11. The van der Waals surface area contributed by atoms with Gasteiger partial charge in [-0.25, -0.2) is 4.79 Å². The summed E-state index contributed by atoms with van der Waals surface area (Å²) in [4.78, 5) is 12.4. The number of carbonyl (C=O) groups is 1. The minimum atomic E-state index is -0.176. The van der Waals surface area contributed by atoms with Gasteiger partial charge in [-0.2, -0.15) is 0 Å². The number of rotatable bonds is 18. The zero-order valence-electron chi connectivity index (χ0n) is 18.3. The Morgan fingerprint density at radius 2 is 1.46 bits per heavy atom. The van der Waals surface area contributed by atoms with Crippen LogP contribution >= 0.6 is 0 Å². The molecule has 0 bridgehead atoms. The zero-order chi connectivity index (χ0) is 20.5. The summed E-state index contributed by atoms with van der Waals surface area (Å²) in [6.07, 6.45) is 18.3. The Morgan fingerprint density at radius 3 is 2.00 bits per heavy atom. The Balaban J connectivity index is 2.22. The first-order valence-electron chi connectivity index (χ1n) is 11.7. The molecule has 0 aliphatic carbocycles. The van der Waals surface area contributed by atoms with Crippen molar-refractivity contribution in [3.63, 3.8) is 0 Å². The van der Waals surface area contributed by atoms with Crippen LogP contribution in [0.5, 0.6) is 0 Å². The van der Waals surface area contributed by atoms with Gasteiger partial charge in [0.15, 0.2) is 0 Å². The van der Waals surface area contributed by atoms with Crippen LogP contribution in [0, 0.1) is 0 Å². The first kappa shape index (κ1) is 24.7. The monoisotopic (exact) mass is 395 g/mol. The van der Waals surface area contributed by atoms with Gasteiger partial charge in [-0.3, -0.25) is 4.39 Å². The molecule has 0 radical (unpaired) electrons. The van der Waals surface area contributed by atoms with Crippen molar-refractivity contribution in [2.24, 2.45) is 0 Å². The van der Waals surface area contributed by atoms with Gasteiger partial charge < -0.3 is 9.30 Å². The Kier molecular flexibility index (Phi) is 14.7. The highest BCUT2D eigenvalue weighted by Crippen LogP contribution is 2.18. The van der Waals surface area contributed by atoms with E-state index in [1.54, 1.807) is 0 Å². The van der Waals surface area contributed by atoms with Crippen LogP contribution in [0.2, 0.25) is 0 Å². The number of nitrogens with zero attached hydrogens (tertiary/aromatic N) is 1. The molecule has 1 aromatic rings. The van der Waals surface area contributed by atoms with Gasteiger partial charge in [-0.1, -0.05) is 71.1 Å². The second-order valence-corrected chi connectivity index (χ2v) is 7.79. The number of hydrogen-bond acceptors (Lipinski definition) is 2. The summed E-state index contributed by atoms with van der Waals surface area (Å²) in [5, 5.41) is 0. The van der Waals surface area contributed by atoms with Crippen LogP contribution in [0.15, 0.2) is 12.3 Å². The number of hydrogen-bond donors (Lipinski definition) is 0. The van der Waals surface area contributed by atoms with E-state index in [2.05, 4.69) is 17.6 Å². The van der Waals surface area contributed by atoms with Crippen LogP contribution in [-0.2, 0) is 17.7 Å². The molecule has 1 heterocycles. The molecule has 0 saturated carbocycles. The summed E-state index contributed by atoms with van der Waals surface area (Å²) in [5.41, 5.74) is 1.91. The Labute approximate surface area is 172 Å². The third kappa shape index (κ3) is 10.3. The molecule has 0 fully saturated rings. The lowest BCUT2D eigenvalue weighted by Crippen LogP contribution is -2.14. The van der Waals surface area contributed by atoms with Crippen LogP contribution < -0.4 is 0 Å². The van der Waals surface area contributed by atoms with Crippen LogP contribution in [0.25, 0.3) is 0 Å². The molecule has 4 heteroatoms. The predicted molar refractivity (Wildman–Crippen MR) is 116 cm³/mol. The number of aromatic nitrogens is 1. The fraction of sp³-hybridized carbons (Fsp3) is 0.792. The quantitative estimate of drug-likeness (QED) is 0.193. The lowest BCUT2D eigenvalue weighted by molar-refractivity contribution is 0.0512. The molecule has 0 N–H and O–H groups in total. The molecule has 3 nitrogen and oxygen atoms in total. The van der Waals surface area contributed by atoms with E-state index in [0.717, 1.165) is 56.3 Å². The average Bonchev–Trinajstić information content (AvgIpc) is 3.10. The molecular weight excluding hydrogens is 353 g/mol. The second kappa shape index (κ2) is 16.6. The summed E-state index contributed by atoms with van der Waals surface area (Å²) in [7, 11) is 0. The molecule has 0 atom stereocenters. The molecule has 0 aromatic carbocycles. The molecule has 162 valence electrons. The number of ether oxygens (including phenoxy) is 1. The number of halogens is 1. The standard InChI is InChI=1S/C24H42FNO2/c1-3-5-20-26-21-18-22(23(26)24(27)28-4-2)17-15-13-11-9-7-6-8-10-12-14-16-19-25/h18,21H,3-17,19-20H2,1-2H3. The molecule has 0 aliphatic rings. The van der Waals surface area contributed by atoms with Crippen molar-refractivity contribution in [2.45, 2.75) is 110 Å². The van der Waals surface area contributed by atoms with Crippen molar-refractivity contribution in [1.29, 1.82) is 0 Å². The Bertz CT molecular complexity index is 513. The zero-order valence-corrected chi connectivity index (χ0v) is 18.3. The molecule has 0 spiro atoms. The van der Waals surface area contributed by atoms with E-state index in [4.69, 9.17) is 4.74 Å². The SMILES string of the molecule is CCCCn1ccc(CCCCCCCCCCCCCF)c1C(=O)OCC. The maximum absolute atomic E-state index is 12.4. The van der Waals surface area contributed by atoms with E-state index in [1.807, 2.05) is 13.1 Å². The number of carbonyl (C=O) groups excluding carboxylic acids is 1. The van der Waals surface area contributed by atoms with Crippen molar-refractivity contribution in [3.8, 4) is 0 Å². The molecule has 0 amide bonds. The van der Waals surface area contributed by atoms with E-state index < -0.39 is 0 Å². The maximum atomic E-state index is 12.4. The fourth-order valence-electron chi connectivity index (χ4n) is 3.68. The third-order valence-corrected chi connectivity index (χ3v) is 5.35. The summed E-state index contributed by atoms with van der Waals surface area (Å²) in [5.74, 6) is -0.176. The normalized spacial score (nSPS) is 11.1. The van der Waals surface area contributed by atoms with Crippen molar-refractivity contribution in [2.75, 3.05) is 13.3 Å². The van der Waals surface area contributed by atoms with Gasteiger partial charge in [-0.05, 0) is 44.2 Å². The second-order valence-electron chi connectivity index (χ2n) is 7.79. The van der Waals surface area contributed by atoms with Crippen molar-refractivity contribution in [1.82, 2.24) is 4.57 Å². The van der Waals surface area contributed by atoms with Gasteiger partial charge in [0.25, 0.3) is 0 Å². The third-order valence-electron chi connectivity index (χ3n) is 5.35. The van der Waals surface area contributed by atoms with Gasteiger partial charge in [0.2, 0.25) is 0 Å². The summed E-state index contributed by atoms with van der Waals surface area (Å²) in [6, 6.07) is 2.10. The maximum Gasteiger partial charge on any atom is 0.355 e. The highest BCUT2D eigenvalue weighted by Gasteiger charge is 2.17. The summed E-state index contributed by atoms with van der Waals surface area (Å²) in [6.45, 7) is 5.18. The van der Waals surface area contributed by atoms with Crippen molar-refractivity contribution in [3.05, 3.63) is 23.5 Å². The topological polar surface area (TPSA) is 31.2 Å². The smallest absolute Gasteiger partial charge is 0.355 e. The number of aryl methyl sites for hydroxylation is 2. The first-order chi connectivity index (χ1) is 13.7. The van der Waals surface area contributed by atoms with E-state index in [9.17, 15) is 9.18 Å². The van der Waals surface area contributed by atoms with Crippen molar-refractivity contribution >= 4 is 5.97 Å². The number of alkyl halides is 1. The molecule has 28 heavy (non-hydrogen) atoms. The minimum absolute atomic E-state index is 0.162.